The number of aryl methyl sites for hydroxylation is 2. The number of aliphatic hydroxyl groups is 1. The van der Waals surface area contributed by atoms with E-state index in [1.54, 1.807) is 0 Å². The van der Waals surface area contributed by atoms with Crippen LogP contribution in [0.3, 0.4) is 0 Å². The molecule has 3 nitrogen and oxygen atoms in total. The van der Waals surface area contributed by atoms with Crippen LogP contribution in [0.2, 0.25) is 0 Å². The monoisotopic (exact) mass is 236 g/mol. The molecule has 1 aromatic rings. The molecule has 1 atom stereocenters. The van der Waals surface area contributed by atoms with Gasteiger partial charge in [0.1, 0.15) is 0 Å². The summed E-state index contributed by atoms with van der Waals surface area (Å²) >= 11 is 0. The van der Waals surface area contributed by atoms with Gasteiger partial charge >= 0.3 is 0 Å². The second-order valence-electron chi connectivity index (χ2n) is 5.50. The molecule has 1 N–H and O–H groups in total. The van der Waals surface area contributed by atoms with E-state index in [0.29, 0.717) is 0 Å². The molecule has 1 aliphatic carbocycles. The van der Waals surface area contributed by atoms with E-state index in [0.717, 1.165) is 30.1 Å². The van der Waals surface area contributed by atoms with Crippen molar-refractivity contribution >= 4 is 0 Å². The van der Waals surface area contributed by atoms with Crippen LogP contribution in [0.25, 0.3) is 0 Å². The predicted octanol–water partition coefficient (Wildman–Crippen LogP) is 2.60. The van der Waals surface area contributed by atoms with Crippen LogP contribution in [0.4, 0.5) is 0 Å². The molecule has 1 saturated carbocycles. The fraction of sp³-hybridized carbons (Fsp3) is 0.786. The number of hydrogen-bond acceptors (Lipinski definition) is 2. The first-order valence-corrected chi connectivity index (χ1v) is 6.82. The van der Waals surface area contributed by atoms with Crippen molar-refractivity contribution in [3.63, 3.8) is 0 Å². The van der Waals surface area contributed by atoms with Crippen molar-refractivity contribution in [3.8, 4) is 0 Å². The SMILES string of the molecule is Cc1cc(CC(O)CC2CCCCC2)n(C)n1. The Morgan fingerprint density at radius 3 is 2.71 bits per heavy atom. The highest BCUT2D eigenvalue weighted by atomic mass is 16.3. The Bertz CT molecular complexity index is 353. The maximum absolute atomic E-state index is 10.1. The van der Waals surface area contributed by atoms with Gasteiger partial charge in [0.15, 0.2) is 0 Å². The summed E-state index contributed by atoms with van der Waals surface area (Å²) in [5, 5.41) is 14.5. The summed E-state index contributed by atoms with van der Waals surface area (Å²) in [6.45, 7) is 2.00. The third-order valence-corrected chi connectivity index (χ3v) is 3.87. The molecular formula is C14H24N2O. The average Bonchev–Trinajstić information content (AvgIpc) is 2.58. The van der Waals surface area contributed by atoms with Gasteiger partial charge < -0.3 is 5.11 Å². The van der Waals surface area contributed by atoms with Gasteiger partial charge in [-0.3, -0.25) is 4.68 Å². The minimum Gasteiger partial charge on any atom is -0.393 e. The van der Waals surface area contributed by atoms with Crippen LogP contribution in [0.15, 0.2) is 6.07 Å². The lowest BCUT2D eigenvalue weighted by Gasteiger charge is -2.23. The molecule has 0 spiro atoms. The Morgan fingerprint density at radius 1 is 1.41 bits per heavy atom. The summed E-state index contributed by atoms with van der Waals surface area (Å²) in [6, 6.07) is 2.07. The molecule has 1 fully saturated rings. The molecule has 1 heterocycles. The summed E-state index contributed by atoms with van der Waals surface area (Å²) in [4.78, 5) is 0. The molecule has 0 aromatic carbocycles. The molecule has 0 amide bonds. The van der Waals surface area contributed by atoms with Crippen molar-refractivity contribution in [3.05, 3.63) is 17.5 Å². The Morgan fingerprint density at radius 2 is 2.12 bits per heavy atom. The molecule has 0 radical (unpaired) electrons. The number of rotatable bonds is 4. The van der Waals surface area contributed by atoms with Crippen LogP contribution < -0.4 is 0 Å². The Kier molecular flexibility index (Phi) is 4.21. The van der Waals surface area contributed by atoms with Gasteiger partial charge in [-0.15, -0.1) is 0 Å². The van der Waals surface area contributed by atoms with Gasteiger partial charge in [0, 0.05) is 19.2 Å². The van der Waals surface area contributed by atoms with Crippen molar-refractivity contribution in [1.82, 2.24) is 9.78 Å². The lowest BCUT2D eigenvalue weighted by atomic mass is 9.85. The number of nitrogens with zero attached hydrogens (tertiary/aromatic N) is 2. The molecule has 0 aliphatic heterocycles. The lowest BCUT2D eigenvalue weighted by molar-refractivity contribution is 0.128. The first kappa shape index (κ1) is 12.6. The first-order valence-electron chi connectivity index (χ1n) is 6.82. The molecule has 0 saturated heterocycles. The van der Waals surface area contributed by atoms with Crippen LogP contribution in [-0.4, -0.2) is 21.0 Å². The van der Waals surface area contributed by atoms with E-state index in [4.69, 9.17) is 0 Å². The summed E-state index contributed by atoms with van der Waals surface area (Å²) < 4.78 is 1.89. The summed E-state index contributed by atoms with van der Waals surface area (Å²) in [6.07, 6.45) is 8.20. The van der Waals surface area contributed by atoms with Crippen LogP contribution in [0, 0.1) is 12.8 Å². The lowest BCUT2D eigenvalue weighted by Crippen LogP contribution is -2.19. The van der Waals surface area contributed by atoms with E-state index in [1.165, 1.54) is 32.1 Å². The van der Waals surface area contributed by atoms with Gasteiger partial charge in [-0.2, -0.15) is 5.10 Å². The fourth-order valence-corrected chi connectivity index (χ4v) is 2.99. The maximum atomic E-state index is 10.1. The van der Waals surface area contributed by atoms with E-state index in [9.17, 15) is 5.11 Å². The van der Waals surface area contributed by atoms with Crippen molar-refractivity contribution < 1.29 is 5.11 Å². The van der Waals surface area contributed by atoms with E-state index in [-0.39, 0.29) is 6.10 Å². The highest BCUT2D eigenvalue weighted by Crippen LogP contribution is 2.28. The quantitative estimate of drug-likeness (QED) is 0.872. The molecule has 96 valence electrons. The third kappa shape index (κ3) is 3.56. The molecule has 1 unspecified atom stereocenters. The molecule has 17 heavy (non-hydrogen) atoms. The van der Waals surface area contributed by atoms with Gasteiger partial charge in [-0.05, 0) is 25.3 Å². The number of aromatic nitrogens is 2. The highest BCUT2D eigenvalue weighted by molar-refractivity contribution is 5.09. The Balaban J connectivity index is 1.83. The summed E-state index contributed by atoms with van der Waals surface area (Å²) in [5.41, 5.74) is 2.18. The smallest absolute Gasteiger partial charge is 0.0598 e. The Hall–Kier alpha value is -0.830. The van der Waals surface area contributed by atoms with Crippen LogP contribution in [-0.2, 0) is 13.5 Å². The number of aliphatic hydroxyl groups excluding tert-OH is 1. The average molecular weight is 236 g/mol. The van der Waals surface area contributed by atoms with E-state index < -0.39 is 0 Å². The molecule has 0 bridgehead atoms. The van der Waals surface area contributed by atoms with Crippen molar-refractivity contribution in [1.29, 1.82) is 0 Å². The van der Waals surface area contributed by atoms with Gasteiger partial charge in [-0.25, -0.2) is 0 Å². The van der Waals surface area contributed by atoms with Gasteiger partial charge in [0.2, 0.25) is 0 Å². The molecular weight excluding hydrogens is 212 g/mol. The normalized spacial score (nSPS) is 19.5. The largest absolute Gasteiger partial charge is 0.393 e. The third-order valence-electron chi connectivity index (χ3n) is 3.87. The molecule has 3 heteroatoms. The summed E-state index contributed by atoms with van der Waals surface area (Å²) in [5.74, 6) is 0.744. The van der Waals surface area contributed by atoms with Crippen molar-refractivity contribution in [2.24, 2.45) is 13.0 Å². The zero-order valence-electron chi connectivity index (χ0n) is 11.0. The van der Waals surface area contributed by atoms with Crippen molar-refractivity contribution in [2.45, 2.75) is 58.0 Å². The first-order chi connectivity index (χ1) is 8.15. The van der Waals surface area contributed by atoms with Gasteiger partial charge in [0.25, 0.3) is 0 Å². The van der Waals surface area contributed by atoms with Gasteiger partial charge in [0.05, 0.1) is 11.8 Å². The standard InChI is InChI=1S/C14H24N2O/c1-11-8-13(16(2)15-11)10-14(17)9-12-6-4-3-5-7-12/h8,12,14,17H,3-7,9-10H2,1-2H3. The molecule has 1 aromatic heterocycles. The minimum absolute atomic E-state index is 0.201. The van der Waals surface area contributed by atoms with Crippen LogP contribution in [0.5, 0.6) is 0 Å². The van der Waals surface area contributed by atoms with Crippen molar-refractivity contribution in [2.75, 3.05) is 0 Å². The molecule has 1 aliphatic rings. The fourth-order valence-electron chi connectivity index (χ4n) is 2.99. The number of hydrogen-bond donors (Lipinski definition) is 1. The van der Waals surface area contributed by atoms with E-state index in [1.807, 2.05) is 18.7 Å². The second-order valence-corrected chi connectivity index (χ2v) is 5.50. The van der Waals surface area contributed by atoms with E-state index >= 15 is 0 Å². The predicted molar refractivity (Wildman–Crippen MR) is 68.8 cm³/mol. The zero-order chi connectivity index (χ0) is 12.3. The van der Waals surface area contributed by atoms with Crippen LogP contribution in [0.1, 0.15) is 49.9 Å². The summed E-state index contributed by atoms with van der Waals surface area (Å²) in [7, 11) is 1.95. The highest BCUT2D eigenvalue weighted by Gasteiger charge is 2.18. The molecule has 2 rings (SSSR count). The second kappa shape index (κ2) is 5.67. The van der Waals surface area contributed by atoms with Crippen LogP contribution >= 0.6 is 0 Å². The topological polar surface area (TPSA) is 38.0 Å². The minimum atomic E-state index is -0.201. The van der Waals surface area contributed by atoms with Gasteiger partial charge in [-0.1, -0.05) is 32.1 Å². The maximum Gasteiger partial charge on any atom is 0.0598 e. The van der Waals surface area contributed by atoms with E-state index in [2.05, 4.69) is 11.2 Å². The zero-order valence-corrected chi connectivity index (χ0v) is 11.0. The Labute approximate surface area is 104 Å².